The lowest BCUT2D eigenvalue weighted by Crippen LogP contribution is -1.97. The van der Waals surface area contributed by atoms with Gasteiger partial charge in [0.2, 0.25) is 0 Å². The van der Waals surface area contributed by atoms with E-state index in [0.717, 1.165) is 5.92 Å². The van der Waals surface area contributed by atoms with Crippen molar-refractivity contribution in [2.45, 2.75) is 25.7 Å². The van der Waals surface area contributed by atoms with Gasteiger partial charge in [0.25, 0.3) is 0 Å². The summed E-state index contributed by atoms with van der Waals surface area (Å²) in [6, 6.07) is 4.04. The molecule has 2 rings (SSSR count). The molecule has 0 spiro atoms. The van der Waals surface area contributed by atoms with E-state index < -0.39 is 0 Å². The second-order valence-electron chi connectivity index (χ2n) is 3.51. The molecule has 1 nitrogen and oxygen atoms in total. The maximum absolute atomic E-state index is 5.98. The molecule has 1 heterocycles. The van der Waals surface area contributed by atoms with Gasteiger partial charge in [-0.05, 0) is 36.3 Å². The molecular weight excluding hydrogens is 170 g/mol. The molecule has 1 aromatic heterocycles. The first-order chi connectivity index (χ1) is 5.79. The lowest BCUT2D eigenvalue weighted by Gasteiger charge is -2.10. The minimum absolute atomic E-state index is 0.589. The van der Waals surface area contributed by atoms with Crippen LogP contribution in [0.5, 0.6) is 0 Å². The molecule has 0 amide bonds. The van der Waals surface area contributed by atoms with Gasteiger partial charge in [0.05, 0.1) is 0 Å². The predicted molar refractivity (Wildman–Crippen MR) is 50.4 cm³/mol. The molecule has 1 aliphatic carbocycles. The summed E-state index contributed by atoms with van der Waals surface area (Å²) in [6.07, 6.45) is 4.45. The standard InChI is InChI=1S/C10H12ClN/c1-7(8-4-5-8)9-3-2-6-12-10(9)11/h2-3,6-8H,4-5H2,1H3. The van der Waals surface area contributed by atoms with Crippen LogP contribution in [0.25, 0.3) is 0 Å². The monoisotopic (exact) mass is 181 g/mol. The molecule has 0 saturated heterocycles. The fraction of sp³-hybridized carbons (Fsp3) is 0.500. The van der Waals surface area contributed by atoms with Crippen LogP contribution in [0.15, 0.2) is 18.3 Å². The van der Waals surface area contributed by atoms with Crippen molar-refractivity contribution < 1.29 is 0 Å². The largest absolute Gasteiger partial charge is 0.244 e. The Labute approximate surface area is 77.8 Å². The molecular formula is C10H12ClN. The van der Waals surface area contributed by atoms with Crippen LogP contribution in [0, 0.1) is 5.92 Å². The van der Waals surface area contributed by atoms with Gasteiger partial charge >= 0.3 is 0 Å². The second-order valence-corrected chi connectivity index (χ2v) is 3.87. The van der Waals surface area contributed by atoms with Crippen LogP contribution >= 0.6 is 11.6 Å². The number of hydrogen-bond donors (Lipinski definition) is 0. The SMILES string of the molecule is CC(c1cccnc1Cl)C1CC1. The summed E-state index contributed by atoms with van der Waals surface area (Å²) in [6.45, 7) is 2.24. The van der Waals surface area contributed by atoms with Crippen molar-refractivity contribution in [3.8, 4) is 0 Å². The van der Waals surface area contributed by atoms with Gasteiger partial charge in [-0.2, -0.15) is 0 Å². The summed E-state index contributed by atoms with van der Waals surface area (Å²) in [5.41, 5.74) is 1.21. The molecule has 1 saturated carbocycles. The molecule has 1 aromatic rings. The van der Waals surface area contributed by atoms with Gasteiger partial charge in [0.15, 0.2) is 0 Å². The fourth-order valence-corrected chi connectivity index (χ4v) is 1.88. The Kier molecular flexibility index (Phi) is 2.05. The van der Waals surface area contributed by atoms with E-state index in [9.17, 15) is 0 Å². The molecule has 0 N–H and O–H groups in total. The Bertz CT molecular complexity index is 281. The van der Waals surface area contributed by atoms with E-state index in [1.807, 2.05) is 6.07 Å². The molecule has 0 radical (unpaired) electrons. The van der Waals surface area contributed by atoms with Crippen LogP contribution in [-0.4, -0.2) is 4.98 Å². The summed E-state index contributed by atoms with van der Waals surface area (Å²) in [4.78, 5) is 4.08. The zero-order valence-corrected chi connectivity index (χ0v) is 7.88. The van der Waals surface area contributed by atoms with E-state index >= 15 is 0 Å². The summed E-state index contributed by atoms with van der Waals surface area (Å²) in [5.74, 6) is 1.44. The van der Waals surface area contributed by atoms with E-state index in [-0.39, 0.29) is 0 Å². The third-order valence-corrected chi connectivity index (χ3v) is 2.92. The summed E-state index contributed by atoms with van der Waals surface area (Å²) < 4.78 is 0. The highest BCUT2D eigenvalue weighted by atomic mass is 35.5. The Balaban J connectivity index is 2.25. The molecule has 0 aliphatic heterocycles. The maximum atomic E-state index is 5.98. The molecule has 64 valence electrons. The van der Waals surface area contributed by atoms with Gasteiger partial charge in [-0.3, -0.25) is 0 Å². The van der Waals surface area contributed by atoms with Crippen LogP contribution in [0.1, 0.15) is 31.2 Å². The van der Waals surface area contributed by atoms with Crippen molar-refractivity contribution in [1.82, 2.24) is 4.98 Å². The third-order valence-electron chi connectivity index (χ3n) is 2.61. The molecule has 2 heteroatoms. The molecule has 0 aromatic carbocycles. The van der Waals surface area contributed by atoms with E-state index in [4.69, 9.17) is 11.6 Å². The molecule has 1 aliphatic rings. The predicted octanol–water partition coefficient (Wildman–Crippen LogP) is 3.25. The van der Waals surface area contributed by atoms with Gasteiger partial charge < -0.3 is 0 Å². The van der Waals surface area contributed by atoms with Gasteiger partial charge in [-0.1, -0.05) is 24.6 Å². The van der Waals surface area contributed by atoms with Crippen molar-refractivity contribution >= 4 is 11.6 Å². The van der Waals surface area contributed by atoms with E-state index in [1.54, 1.807) is 6.20 Å². The van der Waals surface area contributed by atoms with Gasteiger partial charge in [-0.25, -0.2) is 4.98 Å². The smallest absolute Gasteiger partial charge is 0.132 e. The van der Waals surface area contributed by atoms with E-state index in [1.165, 1.54) is 18.4 Å². The molecule has 1 fully saturated rings. The topological polar surface area (TPSA) is 12.9 Å². The first kappa shape index (κ1) is 8.06. The Morgan fingerprint density at radius 2 is 2.33 bits per heavy atom. The highest BCUT2D eigenvalue weighted by Crippen LogP contribution is 2.43. The number of halogens is 1. The number of hydrogen-bond acceptors (Lipinski definition) is 1. The average molecular weight is 182 g/mol. The molecule has 1 atom stereocenters. The normalized spacial score (nSPS) is 19.2. The Morgan fingerprint density at radius 3 is 2.92 bits per heavy atom. The lowest BCUT2D eigenvalue weighted by atomic mass is 9.98. The van der Waals surface area contributed by atoms with Crippen molar-refractivity contribution in [3.63, 3.8) is 0 Å². The van der Waals surface area contributed by atoms with Gasteiger partial charge in [0, 0.05) is 6.20 Å². The number of aromatic nitrogens is 1. The summed E-state index contributed by atoms with van der Waals surface area (Å²) >= 11 is 5.98. The molecule has 0 bridgehead atoms. The van der Waals surface area contributed by atoms with Crippen LogP contribution in [0.4, 0.5) is 0 Å². The quantitative estimate of drug-likeness (QED) is 0.639. The third kappa shape index (κ3) is 1.46. The van der Waals surface area contributed by atoms with Crippen LogP contribution < -0.4 is 0 Å². The van der Waals surface area contributed by atoms with Crippen molar-refractivity contribution in [1.29, 1.82) is 0 Å². The number of rotatable bonds is 2. The zero-order valence-electron chi connectivity index (χ0n) is 7.13. The second kappa shape index (κ2) is 3.06. The first-order valence-corrected chi connectivity index (χ1v) is 4.77. The lowest BCUT2D eigenvalue weighted by molar-refractivity contribution is 0.661. The van der Waals surface area contributed by atoms with Crippen LogP contribution in [-0.2, 0) is 0 Å². The minimum atomic E-state index is 0.589. The maximum Gasteiger partial charge on any atom is 0.132 e. The van der Waals surface area contributed by atoms with E-state index in [2.05, 4.69) is 18.0 Å². The Hall–Kier alpha value is -0.560. The van der Waals surface area contributed by atoms with Gasteiger partial charge in [0.1, 0.15) is 5.15 Å². The van der Waals surface area contributed by atoms with Gasteiger partial charge in [-0.15, -0.1) is 0 Å². The molecule has 1 unspecified atom stereocenters. The van der Waals surface area contributed by atoms with E-state index in [0.29, 0.717) is 11.1 Å². The highest BCUT2D eigenvalue weighted by molar-refractivity contribution is 6.30. The van der Waals surface area contributed by atoms with Crippen LogP contribution in [0.2, 0.25) is 5.15 Å². The first-order valence-electron chi connectivity index (χ1n) is 4.39. The summed E-state index contributed by atoms with van der Waals surface area (Å²) in [7, 11) is 0. The van der Waals surface area contributed by atoms with Crippen molar-refractivity contribution in [3.05, 3.63) is 29.0 Å². The fourth-order valence-electron chi connectivity index (χ4n) is 1.59. The summed E-state index contributed by atoms with van der Waals surface area (Å²) in [5, 5.41) is 0.678. The number of pyridine rings is 1. The number of nitrogens with zero attached hydrogens (tertiary/aromatic N) is 1. The molecule has 12 heavy (non-hydrogen) atoms. The Morgan fingerprint density at radius 1 is 1.58 bits per heavy atom. The van der Waals surface area contributed by atoms with Crippen LogP contribution in [0.3, 0.4) is 0 Å². The zero-order chi connectivity index (χ0) is 8.55. The average Bonchev–Trinajstić information content (AvgIpc) is 2.86. The van der Waals surface area contributed by atoms with Crippen molar-refractivity contribution in [2.24, 2.45) is 5.92 Å². The van der Waals surface area contributed by atoms with Crippen molar-refractivity contribution in [2.75, 3.05) is 0 Å². The highest BCUT2D eigenvalue weighted by Gasteiger charge is 2.30. The minimum Gasteiger partial charge on any atom is -0.244 e.